The zero-order valence-corrected chi connectivity index (χ0v) is 14.6. The van der Waals surface area contributed by atoms with Gasteiger partial charge in [0.25, 0.3) is 0 Å². The molecule has 0 aromatic heterocycles. The monoisotopic (exact) mass is 381 g/mol. The van der Waals surface area contributed by atoms with Gasteiger partial charge < -0.3 is 10.6 Å². The van der Waals surface area contributed by atoms with Gasteiger partial charge in [0.05, 0.1) is 10.5 Å². The largest absolute Gasteiger partial charge is 0.416 e. The van der Waals surface area contributed by atoms with Crippen molar-refractivity contribution in [1.82, 2.24) is 15.4 Å². The van der Waals surface area contributed by atoms with Crippen LogP contribution in [-0.4, -0.2) is 41.0 Å². The smallest absolute Gasteiger partial charge is 0.356 e. The van der Waals surface area contributed by atoms with Crippen LogP contribution < -0.4 is 15.4 Å². The van der Waals surface area contributed by atoms with Gasteiger partial charge >= 0.3 is 6.18 Å². The maximum atomic E-state index is 12.6. The van der Waals surface area contributed by atoms with Crippen LogP contribution in [0.1, 0.15) is 24.8 Å². The number of rotatable bonds is 10. The van der Waals surface area contributed by atoms with Gasteiger partial charge in [0, 0.05) is 19.5 Å². The lowest BCUT2D eigenvalue weighted by Crippen LogP contribution is -2.29. The van der Waals surface area contributed by atoms with Crippen molar-refractivity contribution >= 4 is 15.9 Å². The molecule has 1 aromatic carbocycles. The summed E-state index contributed by atoms with van der Waals surface area (Å²) in [5, 5.41) is 5.63. The van der Waals surface area contributed by atoms with E-state index in [1.54, 1.807) is 7.05 Å². The number of sulfonamides is 1. The van der Waals surface area contributed by atoms with Gasteiger partial charge in [-0.05, 0) is 44.6 Å². The molecule has 3 N–H and O–H groups in total. The summed E-state index contributed by atoms with van der Waals surface area (Å²) in [5.41, 5.74) is -1.03. The van der Waals surface area contributed by atoms with E-state index >= 15 is 0 Å². The van der Waals surface area contributed by atoms with Crippen molar-refractivity contribution in [1.29, 1.82) is 0 Å². The summed E-state index contributed by atoms with van der Waals surface area (Å²) in [6.07, 6.45) is -3.46. The van der Waals surface area contributed by atoms with Gasteiger partial charge in [-0.3, -0.25) is 4.79 Å². The number of nitrogens with one attached hydrogen (secondary N) is 3. The van der Waals surface area contributed by atoms with Crippen molar-refractivity contribution in [3.05, 3.63) is 29.8 Å². The van der Waals surface area contributed by atoms with Crippen LogP contribution in [0.2, 0.25) is 0 Å². The first-order valence-electron chi connectivity index (χ1n) is 7.75. The molecule has 0 fully saturated rings. The highest BCUT2D eigenvalue weighted by Crippen LogP contribution is 2.30. The third-order valence-corrected chi connectivity index (χ3v) is 4.73. The first-order valence-corrected chi connectivity index (χ1v) is 9.23. The SMILES string of the molecule is CNCCCNC(=O)CCCNS(=O)(=O)c1cccc(C(F)(F)F)c1. The fourth-order valence-electron chi connectivity index (χ4n) is 1.96. The van der Waals surface area contributed by atoms with Gasteiger partial charge in [0.1, 0.15) is 0 Å². The minimum Gasteiger partial charge on any atom is -0.356 e. The Bertz CT molecular complexity index is 663. The van der Waals surface area contributed by atoms with Gasteiger partial charge in [-0.15, -0.1) is 0 Å². The third-order valence-electron chi connectivity index (χ3n) is 3.27. The summed E-state index contributed by atoms with van der Waals surface area (Å²) in [4.78, 5) is 11.1. The van der Waals surface area contributed by atoms with Crippen LogP contribution in [0, 0.1) is 0 Å². The predicted molar refractivity (Wildman–Crippen MR) is 87.4 cm³/mol. The Labute approximate surface area is 145 Å². The molecule has 0 saturated heterocycles. The van der Waals surface area contributed by atoms with Crippen molar-refractivity contribution in [2.24, 2.45) is 0 Å². The first kappa shape index (κ1) is 21.4. The highest BCUT2D eigenvalue weighted by atomic mass is 32.2. The number of carbonyl (C=O) groups is 1. The molecule has 0 aliphatic carbocycles. The van der Waals surface area contributed by atoms with Crippen LogP contribution >= 0.6 is 0 Å². The average molecular weight is 381 g/mol. The lowest BCUT2D eigenvalue weighted by atomic mass is 10.2. The quantitative estimate of drug-likeness (QED) is 0.536. The zero-order valence-electron chi connectivity index (χ0n) is 13.8. The summed E-state index contributed by atoms with van der Waals surface area (Å²) in [5.74, 6) is -0.200. The molecule has 0 spiro atoms. The number of alkyl halides is 3. The Kier molecular flexibility index (Phi) is 8.33. The van der Waals surface area contributed by atoms with Crippen molar-refractivity contribution < 1.29 is 26.4 Å². The van der Waals surface area contributed by atoms with E-state index < -0.39 is 26.7 Å². The van der Waals surface area contributed by atoms with Crippen LogP contribution in [-0.2, 0) is 21.0 Å². The van der Waals surface area contributed by atoms with Crippen molar-refractivity contribution in [3.63, 3.8) is 0 Å². The lowest BCUT2D eigenvalue weighted by Gasteiger charge is -2.10. The maximum absolute atomic E-state index is 12.6. The molecule has 0 heterocycles. The lowest BCUT2D eigenvalue weighted by molar-refractivity contribution is -0.137. The first-order chi connectivity index (χ1) is 11.7. The Morgan fingerprint density at radius 2 is 1.84 bits per heavy atom. The van der Waals surface area contributed by atoms with Gasteiger partial charge in [-0.2, -0.15) is 13.2 Å². The Morgan fingerprint density at radius 3 is 2.48 bits per heavy atom. The fraction of sp³-hybridized carbons (Fsp3) is 0.533. The molecule has 1 amide bonds. The van der Waals surface area contributed by atoms with Gasteiger partial charge in [0.15, 0.2) is 0 Å². The Balaban J connectivity index is 2.45. The minimum atomic E-state index is -4.61. The van der Waals surface area contributed by atoms with Crippen LogP contribution in [0.15, 0.2) is 29.2 Å². The Morgan fingerprint density at radius 1 is 1.12 bits per heavy atom. The molecule has 0 unspecified atom stereocenters. The number of hydrogen-bond donors (Lipinski definition) is 3. The number of hydrogen-bond acceptors (Lipinski definition) is 4. The van der Waals surface area contributed by atoms with Crippen molar-refractivity contribution in [2.45, 2.75) is 30.3 Å². The van der Waals surface area contributed by atoms with Crippen molar-refractivity contribution in [3.8, 4) is 0 Å². The van der Waals surface area contributed by atoms with E-state index in [1.807, 2.05) is 0 Å². The maximum Gasteiger partial charge on any atom is 0.416 e. The standard InChI is InChI=1S/C15H22F3N3O3S/c1-19-8-4-9-20-14(22)7-3-10-21-25(23,24)13-6-2-5-12(11-13)15(16,17)18/h2,5-6,11,19,21H,3-4,7-10H2,1H3,(H,20,22). The zero-order chi connectivity index (χ0) is 18.9. The summed E-state index contributed by atoms with van der Waals surface area (Å²) < 4.78 is 64.1. The topological polar surface area (TPSA) is 87.3 Å². The van der Waals surface area contributed by atoms with Gasteiger partial charge in [-0.1, -0.05) is 6.07 Å². The summed E-state index contributed by atoms with van der Waals surface area (Å²) in [6, 6.07) is 3.51. The van der Waals surface area contributed by atoms with E-state index in [-0.39, 0.29) is 25.3 Å². The molecule has 0 aliphatic heterocycles. The summed E-state index contributed by atoms with van der Waals surface area (Å²) >= 11 is 0. The molecule has 6 nitrogen and oxygen atoms in total. The molecular formula is C15H22F3N3O3S. The molecule has 25 heavy (non-hydrogen) atoms. The van der Waals surface area contributed by atoms with Crippen LogP contribution in [0.25, 0.3) is 0 Å². The number of halogens is 3. The van der Waals surface area contributed by atoms with Crippen LogP contribution in [0.4, 0.5) is 13.2 Å². The third kappa shape index (κ3) is 7.84. The highest BCUT2D eigenvalue weighted by Gasteiger charge is 2.31. The molecule has 10 heteroatoms. The molecule has 0 aliphatic rings. The fourth-order valence-corrected chi connectivity index (χ4v) is 3.08. The second-order valence-corrected chi connectivity index (χ2v) is 7.10. The average Bonchev–Trinajstić information content (AvgIpc) is 2.55. The summed E-state index contributed by atoms with van der Waals surface area (Å²) in [7, 11) is -2.25. The van der Waals surface area contributed by atoms with E-state index in [2.05, 4.69) is 15.4 Å². The van der Waals surface area contributed by atoms with Crippen LogP contribution in [0.3, 0.4) is 0 Å². The van der Waals surface area contributed by atoms with Crippen LogP contribution in [0.5, 0.6) is 0 Å². The minimum absolute atomic E-state index is 0.0392. The molecule has 142 valence electrons. The van der Waals surface area contributed by atoms with E-state index in [1.165, 1.54) is 0 Å². The molecule has 0 radical (unpaired) electrons. The van der Waals surface area contributed by atoms with E-state index in [0.29, 0.717) is 12.6 Å². The van der Waals surface area contributed by atoms with Gasteiger partial charge in [-0.25, -0.2) is 13.1 Å². The predicted octanol–water partition coefficient (Wildman–Crippen LogP) is 1.49. The van der Waals surface area contributed by atoms with E-state index in [0.717, 1.165) is 31.2 Å². The molecule has 0 atom stereocenters. The van der Waals surface area contributed by atoms with E-state index in [9.17, 15) is 26.4 Å². The molecular weight excluding hydrogens is 359 g/mol. The number of carbonyl (C=O) groups excluding carboxylic acids is 1. The highest BCUT2D eigenvalue weighted by molar-refractivity contribution is 7.89. The number of amides is 1. The molecule has 0 saturated carbocycles. The van der Waals surface area contributed by atoms with Crippen molar-refractivity contribution in [2.75, 3.05) is 26.7 Å². The second kappa shape index (κ2) is 9.73. The molecule has 1 aromatic rings. The molecule has 0 bridgehead atoms. The van der Waals surface area contributed by atoms with E-state index in [4.69, 9.17) is 0 Å². The summed E-state index contributed by atoms with van der Waals surface area (Å²) in [6.45, 7) is 1.26. The van der Waals surface area contributed by atoms with Gasteiger partial charge in [0.2, 0.25) is 15.9 Å². The molecule has 1 rings (SSSR count). The normalized spacial score (nSPS) is 12.2. The number of benzene rings is 1. The Hall–Kier alpha value is -1.65. The second-order valence-electron chi connectivity index (χ2n) is 5.33.